The Balaban J connectivity index is 2.00. The lowest BCUT2D eigenvalue weighted by Gasteiger charge is -2.07. The number of halogens is 3. The third-order valence-electron chi connectivity index (χ3n) is 3.33. The van der Waals surface area contributed by atoms with Crippen molar-refractivity contribution in [3.8, 4) is 0 Å². The van der Waals surface area contributed by atoms with Gasteiger partial charge >= 0.3 is 0 Å². The second-order valence-corrected chi connectivity index (χ2v) is 7.74. The van der Waals surface area contributed by atoms with E-state index < -0.39 is 0 Å². The molecule has 4 nitrogen and oxygen atoms in total. The molecule has 1 heterocycles. The molecule has 3 aromatic rings. The fourth-order valence-electron chi connectivity index (χ4n) is 2.19. The van der Waals surface area contributed by atoms with Gasteiger partial charge in [-0.3, -0.25) is 14.2 Å². The molecule has 1 aromatic heterocycles. The number of Topliss-reactive ketones (excluding diaryl/α,β-unsaturated/α-hetero) is 1. The maximum Gasteiger partial charge on any atom is 0.261 e. The van der Waals surface area contributed by atoms with E-state index in [2.05, 4.69) is 50.2 Å². The van der Waals surface area contributed by atoms with E-state index in [-0.39, 0.29) is 17.9 Å². The Kier molecular flexibility index (Phi) is 5.02. The number of carbonyl (C=O) groups excluding carboxylic acids is 1. The molecule has 0 aliphatic carbocycles. The summed E-state index contributed by atoms with van der Waals surface area (Å²) >= 11 is 10.1. The van der Waals surface area contributed by atoms with Crippen LogP contribution in [0.5, 0.6) is 0 Å². The average Bonchev–Trinajstić information content (AvgIpc) is 2.51. The molecule has 0 spiro atoms. The zero-order valence-electron chi connectivity index (χ0n) is 11.6. The molecule has 0 radical (unpaired) electrons. The van der Waals surface area contributed by atoms with Crippen molar-refractivity contribution in [3.05, 3.63) is 70.8 Å². The molecule has 0 unspecified atom stereocenters. The highest BCUT2D eigenvalue weighted by Gasteiger charge is 2.12. The maximum absolute atomic E-state index is 12.6. The van der Waals surface area contributed by atoms with Crippen LogP contribution < -0.4 is 5.56 Å². The second-order valence-electron chi connectivity index (χ2n) is 4.89. The Morgan fingerprint density at radius 1 is 1.17 bits per heavy atom. The van der Waals surface area contributed by atoms with Gasteiger partial charge in [-0.1, -0.05) is 11.6 Å². The lowest BCUT2D eigenvalue weighted by molar-refractivity contribution is 0.0970. The zero-order chi connectivity index (χ0) is 16.6. The van der Waals surface area contributed by atoms with Crippen LogP contribution in [-0.2, 0) is 6.54 Å². The second kappa shape index (κ2) is 6.86. The van der Waals surface area contributed by atoms with Crippen molar-refractivity contribution in [1.29, 1.82) is 0 Å². The number of rotatable bonds is 3. The highest BCUT2D eigenvalue weighted by atomic mass is 127. The first-order valence-corrected chi connectivity index (χ1v) is 9.12. The fraction of sp³-hybridized carbons (Fsp3) is 0.0625. The molecule has 116 valence electrons. The zero-order valence-corrected chi connectivity index (χ0v) is 16.7. The van der Waals surface area contributed by atoms with Crippen LogP contribution in [0.2, 0.25) is 5.02 Å². The topological polar surface area (TPSA) is 52.0 Å². The van der Waals surface area contributed by atoms with Gasteiger partial charge in [0.1, 0.15) is 0 Å². The molecule has 0 fully saturated rings. The lowest BCUT2D eigenvalue weighted by Crippen LogP contribution is -2.25. The Morgan fingerprint density at radius 2 is 1.87 bits per heavy atom. The van der Waals surface area contributed by atoms with Crippen molar-refractivity contribution in [1.82, 2.24) is 9.55 Å². The Morgan fingerprint density at radius 3 is 2.57 bits per heavy atom. The average molecular weight is 551 g/mol. The van der Waals surface area contributed by atoms with E-state index >= 15 is 0 Å². The number of fused-ring (bicyclic) bond motifs is 1. The van der Waals surface area contributed by atoms with Crippen molar-refractivity contribution in [2.45, 2.75) is 6.54 Å². The number of hydrogen-bond acceptors (Lipinski definition) is 3. The number of benzene rings is 2. The Hall–Kier alpha value is -1.00. The molecule has 23 heavy (non-hydrogen) atoms. The standard InChI is InChI=1S/C16H9ClI2N2O2/c17-10-3-1-9(2-4-10)14(22)7-21-8-20-15-12(16(21)23)5-11(18)6-13(15)19/h1-6,8H,7H2. The minimum absolute atomic E-state index is 0.0501. The van der Waals surface area contributed by atoms with Gasteiger partial charge in [0.05, 0.1) is 23.8 Å². The Bertz CT molecular complexity index is 968. The summed E-state index contributed by atoms with van der Waals surface area (Å²) < 4.78 is 3.21. The number of nitrogens with zero attached hydrogens (tertiary/aromatic N) is 2. The lowest BCUT2D eigenvalue weighted by atomic mass is 10.1. The number of hydrogen-bond donors (Lipinski definition) is 0. The van der Waals surface area contributed by atoms with E-state index in [1.165, 1.54) is 10.9 Å². The van der Waals surface area contributed by atoms with Crippen molar-refractivity contribution in [3.63, 3.8) is 0 Å². The summed E-state index contributed by atoms with van der Waals surface area (Å²) in [7, 11) is 0. The minimum Gasteiger partial charge on any atom is -0.292 e. The smallest absolute Gasteiger partial charge is 0.261 e. The van der Waals surface area contributed by atoms with Gasteiger partial charge in [0, 0.05) is 17.7 Å². The van der Waals surface area contributed by atoms with E-state index in [4.69, 9.17) is 11.6 Å². The van der Waals surface area contributed by atoms with Crippen LogP contribution in [0.3, 0.4) is 0 Å². The molecule has 3 rings (SSSR count). The molecule has 0 saturated carbocycles. The van der Waals surface area contributed by atoms with Crippen molar-refractivity contribution < 1.29 is 4.79 Å². The number of aromatic nitrogens is 2. The van der Waals surface area contributed by atoms with Gasteiger partial charge < -0.3 is 0 Å². The molecule has 0 saturated heterocycles. The summed E-state index contributed by atoms with van der Waals surface area (Å²) in [6.45, 7) is -0.0501. The summed E-state index contributed by atoms with van der Waals surface area (Å²) in [5.74, 6) is -0.162. The highest BCUT2D eigenvalue weighted by molar-refractivity contribution is 14.1. The van der Waals surface area contributed by atoms with E-state index in [0.29, 0.717) is 21.5 Å². The van der Waals surface area contributed by atoms with Crippen LogP contribution in [0.15, 0.2) is 47.5 Å². The minimum atomic E-state index is -0.214. The fourth-order valence-corrected chi connectivity index (χ4v) is 4.30. The van der Waals surface area contributed by atoms with Crippen LogP contribution in [0.4, 0.5) is 0 Å². The van der Waals surface area contributed by atoms with Crippen LogP contribution in [0.25, 0.3) is 10.9 Å². The third-order valence-corrected chi connectivity index (χ3v) is 5.02. The van der Waals surface area contributed by atoms with Crippen LogP contribution in [-0.4, -0.2) is 15.3 Å². The molecule has 0 aliphatic heterocycles. The van der Waals surface area contributed by atoms with Gasteiger partial charge in [0.25, 0.3) is 5.56 Å². The first-order valence-electron chi connectivity index (χ1n) is 6.58. The first-order chi connectivity index (χ1) is 11.0. The van der Waals surface area contributed by atoms with Crippen LogP contribution in [0, 0.1) is 7.14 Å². The molecular weight excluding hydrogens is 541 g/mol. The summed E-state index contributed by atoms with van der Waals surface area (Å²) in [6, 6.07) is 10.4. The summed E-state index contributed by atoms with van der Waals surface area (Å²) in [6.07, 6.45) is 1.42. The molecule has 2 aromatic carbocycles. The van der Waals surface area contributed by atoms with E-state index in [0.717, 1.165) is 7.14 Å². The quantitative estimate of drug-likeness (QED) is 0.364. The number of carbonyl (C=O) groups is 1. The normalized spacial score (nSPS) is 10.9. The molecule has 0 bridgehead atoms. The van der Waals surface area contributed by atoms with Gasteiger partial charge in [-0.05, 0) is 81.6 Å². The molecule has 7 heteroatoms. The van der Waals surface area contributed by atoms with Crippen molar-refractivity contribution in [2.24, 2.45) is 0 Å². The van der Waals surface area contributed by atoms with Crippen LogP contribution >= 0.6 is 56.8 Å². The highest BCUT2D eigenvalue weighted by Crippen LogP contribution is 2.19. The molecule has 0 aliphatic rings. The number of ketones is 1. The van der Waals surface area contributed by atoms with Crippen molar-refractivity contribution in [2.75, 3.05) is 0 Å². The third kappa shape index (κ3) is 3.58. The van der Waals surface area contributed by atoms with Gasteiger partial charge in [0.2, 0.25) is 0 Å². The van der Waals surface area contributed by atoms with E-state index in [9.17, 15) is 9.59 Å². The summed E-state index contributed by atoms with van der Waals surface area (Å²) in [5.41, 5.74) is 0.957. The van der Waals surface area contributed by atoms with Crippen LogP contribution in [0.1, 0.15) is 10.4 Å². The summed E-state index contributed by atoms with van der Waals surface area (Å²) in [5, 5.41) is 1.09. The van der Waals surface area contributed by atoms with Crippen molar-refractivity contribution >= 4 is 73.5 Å². The predicted octanol–water partition coefficient (Wildman–Crippen LogP) is 4.14. The van der Waals surface area contributed by atoms with Gasteiger partial charge in [-0.25, -0.2) is 4.98 Å². The monoisotopic (exact) mass is 550 g/mol. The summed E-state index contributed by atoms with van der Waals surface area (Å²) in [4.78, 5) is 29.2. The van der Waals surface area contributed by atoms with Gasteiger partial charge in [-0.2, -0.15) is 0 Å². The molecular formula is C16H9ClI2N2O2. The van der Waals surface area contributed by atoms with E-state index in [1.54, 1.807) is 30.3 Å². The Labute approximate surface area is 164 Å². The first kappa shape index (κ1) is 16.8. The van der Waals surface area contributed by atoms with E-state index in [1.807, 2.05) is 6.07 Å². The molecule has 0 amide bonds. The molecule has 0 atom stereocenters. The predicted molar refractivity (Wildman–Crippen MR) is 107 cm³/mol. The molecule has 0 N–H and O–H groups in total. The SMILES string of the molecule is O=C(Cn1cnc2c(I)cc(I)cc2c1=O)c1ccc(Cl)cc1. The maximum atomic E-state index is 12.6. The largest absolute Gasteiger partial charge is 0.292 e. The van der Waals surface area contributed by atoms with Gasteiger partial charge in [-0.15, -0.1) is 0 Å². The van der Waals surface area contributed by atoms with Gasteiger partial charge in [0.15, 0.2) is 5.78 Å².